The van der Waals surface area contributed by atoms with Gasteiger partial charge in [0, 0.05) is 42.5 Å². The molecule has 0 fully saturated rings. The monoisotopic (exact) mass is 643 g/mol. The number of rotatable bonds is 4. The third-order valence-electron chi connectivity index (χ3n) is 10.6. The van der Waals surface area contributed by atoms with E-state index in [1.54, 1.807) is 0 Å². The summed E-state index contributed by atoms with van der Waals surface area (Å²) in [7, 11) is 0. The first kappa shape index (κ1) is 28.3. The molecule has 0 bridgehead atoms. The van der Waals surface area contributed by atoms with Crippen LogP contribution in [0.4, 0.5) is 17.1 Å². The largest absolute Gasteiger partial charge is 0.310 e. The quantitative estimate of drug-likeness (QED) is 0.184. The zero-order valence-electron chi connectivity index (χ0n) is 27.4. The number of para-hydroxylation sites is 1. The zero-order valence-corrected chi connectivity index (χ0v) is 28.3. The van der Waals surface area contributed by atoms with Crippen molar-refractivity contribution in [2.45, 2.75) is 19.3 Å². The van der Waals surface area contributed by atoms with E-state index in [1.165, 1.54) is 75.1 Å². The highest BCUT2D eigenvalue weighted by atomic mass is 32.1. The fourth-order valence-corrected chi connectivity index (χ4v) is 9.40. The molecule has 232 valence electrons. The number of nitrogens with zero attached hydrogens (tertiary/aromatic N) is 1. The summed E-state index contributed by atoms with van der Waals surface area (Å²) in [6.45, 7) is 4.72. The Morgan fingerprint density at radius 3 is 2.04 bits per heavy atom. The molecular formula is C47H33NS. The first-order chi connectivity index (χ1) is 24.0. The second-order valence-electron chi connectivity index (χ2n) is 13.8. The Bertz CT molecular complexity index is 2770. The molecule has 1 aliphatic rings. The molecule has 0 aliphatic heterocycles. The van der Waals surface area contributed by atoms with Crippen LogP contribution in [0.2, 0.25) is 0 Å². The van der Waals surface area contributed by atoms with Gasteiger partial charge in [-0.05, 0) is 91.8 Å². The predicted octanol–water partition coefficient (Wildman–Crippen LogP) is 13.8. The van der Waals surface area contributed by atoms with Crippen molar-refractivity contribution in [1.82, 2.24) is 0 Å². The number of thiophene rings is 1. The summed E-state index contributed by atoms with van der Waals surface area (Å²) in [6, 6.07) is 60.7. The first-order valence-corrected chi connectivity index (χ1v) is 17.8. The second-order valence-corrected chi connectivity index (χ2v) is 14.8. The number of fused-ring (bicyclic) bond motifs is 9. The van der Waals surface area contributed by atoms with Gasteiger partial charge < -0.3 is 4.90 Å². The van der Waals surface area contributed by atoms with E-state index in [-0.39, 0.29) is 5.41 Å². The van der Waals surface area contributed by atoms with Crippen LogP contribution in [0, 0.1) is 0 Å². The summed E-state index contributed by atoms with van der Waals surface area (Å²) >= 11 is 1.89. The Morgan fingerprint density at radius 1 is 0.449 bits per heavy atom. The van der Waals surface area contributed by atoms with E-state index in [0.29, 0.717) is 0 Å². The highest BCUT2D eigenvalue weighted by Gasteiger charge is 2.35. The minimum absolute atomic E-state index is 0.0956. The molecular weight excluding hydrogens is 611 g/mol. The van der Waals surface area contributed by atoms with Crippen molar-refractivity contribution in [2.24, 2.45) is 0 Å². The van der Waals surface area contributed by atoms with Gasteiger partial charge in [0.2, 0.25) is 0 Å². The van der Waals surface area contributed by atoms with Crippen LogP contribution in [0.5, 0.6) is 0 Å². The van der Waals surface area contributed by atoms with Gasteiger partial charge in [-0.1, -0.05) is 135 Å². The second kappa shape index (κ2) is 10.7. The van der Waals surface area contributed by atoms with Gasteiger partial charge in [-0.3, -0.25) is 0 Å². The van der Waals surface area contributed by atoms with Crippen molar-refractivity contribution in [3.8, 4) is 22.3 Å². The van der Waals surface area contributed by atoms with Crippen LogP contribution in [0.3, 0.4) is 0 Å². The lowest BCUT2D eigenvalue weighted by molar-refractivity contribution is 0.660. The smallest absolute Gasteiger partial charge is 0.0540 e. The van der Waals surface area contributed by atoms with Gasteiger partial charge in [-0.25, -0.2) is 0 Å². The Morgan fingerprint density at radius 2 is 1.12 bits per heavy atom. The number of anilines is 3. The summed E-state index contributed by atoms with van der Waals surface area (Å²) in [6.07, 6.45) is 0. The molecule has 9 aromatic rings. The molecule has 0 amide bonds. The molecule has 0 saturated heterocycles. The average Bonchev–Trinajstić information content (AvgIpc) is 3.64. The maximum atomic E-state index is 2.47. The lowest BCUT2D eigenvalue weighted by Gasteiger charge is -2.30. The van der Waals surface area contributed by atoms with Crippen LogP contribution in [0.1, 0.15) is 25.0 Å². The average molecular weight is 644 g/mol. The maximum absolute atomic E-state index is 2.47. The van der Waals surface area contributed by atoms with E-state index in [0.717, 1.165) is 17.1 Å². The highest BCUT2D eigenvalue weighted by Crippen LogP contribution is 2.51. The maximum Gasteiger partial charge on any atom is 0.0540 e. The Labute approximate surface area is 290 Å². The van der Waals surface area contributed by atoms with E-state index in [2.05, 4.69) is 183 Å². The fourth-order valence-electron chi connectivity index (χ4n) is 8.17. The minimum Gasteiger partial charge on any atom is -0.310 e. The van der Waals surface area contributed by atoms with Crippen molar-refractivity contribution in [1.29, 1.82) is 0 Å². The molecule has 0 radical (unpaired) electrons. The third kappa shape index (κ3) is 4.31. The van der Waals surface area contributed by atoms with Crippen LogP contribution in [-0.4, -0.2) is 0 Å². The molecule has 2 heteroatoms. The Kier molecular flexibility index (Phi) is 6.16. The highest BCUT2D eigenvalue weighted by molar-refractivity contribution is 7.26. The summed E-state index contributed by atoms with van der Waals surface area (Å²) in [5.41, 5.74) is 11.2. The van der Waals surface area contributed by atoms with E-state index in [4.69, 9.17) is 0 Å². The number of hydrogen-bond acceptors (Lipinski definition) is 2. The fraction of sp³-hybridized carbons (Fsp3) is 0.0638. The zero-order chi connectivity index (χ0) is 32.7. The molecule has 8 aromatic carbocycles. The van der Waals surface area contributed by atoms with Crippen LogP contribution < -0.4 is 4.90 Å². The molecule has 0 saturated carbocycles. The lowest BCUT2D eigenvalue weighted by Crippen LogP contribution is -2.16. The van der Waals surface area contributed by atoms with Crippen LogP contribution in [0.15, 0.2) is 164 Å². The minimum atomic E-state index is -0.0956. The van der Waals surface area contributed by atoms with Crippen molar-refractivity contribution in [2.75, 3.05) is 4.90 Å². The molecule has 0 unspecified atom stereocenters. The molecule has 0 spiro atoms. The lowest BCUT2D eigenvalue weighted by atomic mass is 9.82. The van der Waals surface area contributed by atoms with E-state index in [1.807, 2.05) is 11.3 Å². The van der Waals surface area contributed by atoms with Gasteiger partial charge in [0.05, 0.1) is 5.69 Å². The summed E-state index contributed by atoms with van der Waals surface area (Å²) < 4.78 is 2.69. The van der Waals surface area contributed by atoms with Crippen LogP contribution in [-0.2, 0) is 5.41 Å². The van der Waals surface area contributed by atoms with Gasteiger partial charge in [0.1, 0.15) is 0 Å². The van der Waals surface area contributed by atoms with Gasteiger partial charge in [-0.2, -0.15) is 0 Å². The number of hydrogen-bond donors (Lipinski definition) is 0. The Hall–Kier alpha value is -5.70. The van der Waals surface area contributed by atoms with Crippen molar-refractivity contribution in [3.05, 3.63) is 175 Å². The Balaban J connectivity index is 1.20. The van der Waals surface area contributed by atoms with Gasteiger partial charge >= 0.3 is 0 Å². The molecule has 0 atom stereocenters. The molecule has 0 N–H and O–H groups in total. The summed E-state index contributed by atoms with van der Waals surface area (Å²) in [5, 5.41) is 7.72. The topological polar surface area (TPSA) is 3.24 Å². The molecule has 1 aromatic heterocycles. The summed E-state index contributed by atoms with van der Waals surface area (Å²) in [4.78, 5) is 2.47. The molecule has 10 rings (SSSR count). The standard InChI is InChI=1S/C47H33NS/c1-47(2)42-16-8-5-14-38(42)39-26-23-35(29-43(39)47)48(44-17-9-6-13-36(44)32-20-19-30-11-3-4-12-31(30)27-32)34-22-25-37-33(28-34)21-24-41-40-15-7-10-18-45(40)49-46(37)41/h3-29H,1-2H3. The predicted molar refractivity (Wildman–Crippen MR) is 212 cm³/mol. The molecule has 1 aliphatic carbocycles. The van der Waals surface area contributed by atoms with Crippen molar-refractivity contribution >= 4 is 70.1 Å². The third-order valence-corrected chi connectivity index (χ3v) is 11.9. The van der Waals surface area contributed by atoms with E-state index in [9.17, 15) is 0 Å². The van der Waals surface area contributed by atoms with Crippen molar-refractivity contribution in [3.63, 3.8) is 0 Å². The van der Waals surface area contributed by atoms with Crippen LogP contribution in [0.25, 0.3) is 64.0 Å². The SMILES string of the molecule is CC1(C)c2ccccc2-c2ccc(N(c3ccc4c(ccc5c6ccccc6sc45)c3)c3ccccc3-c3ccc4ccccc4c3)cc21. The normalized spacial score (nSPS) is 13.3. The molecule has 1 nitrogen and oxygen atoms in total. The van der Waals surface area contributed by atoms with Crippen LogP contribution >= 0.6 is 11.3 Å². The van der Waals surface area contributed by atoms with E-state index < -0.39 is 0 Å². The van der Waals surface area contributed by atoms with Gasteiger partial charge in [0.15, 0.2) is 0 Å². The molecule has 1 heterocycles. The number of benzene rings is 8. The van der Waals surface area contributed by atoms with Crippen molar-refractivity contribution < 1.29 is 0 Å². The van der Waals surface area contributed by atoms with Gasteiger partial charge in [-0.15, -0.1) is 11.3 Å². The summed E-state index contributed by atoms with van der Waals surface area (Å²) in [5.74, 6) is 0. The molecule has 49 heavy (non-hydrogen) atoms. The van der Waals surface area contributed by atoms with Gasteiger partial charge in [0.25, 0.3) is 0 Å². The van der Waals surface area contributed by atoms with E-state index >= 15 is 0 Å². The first-order valence-electron chi connectivity index (χ1n) is 17.0.